The number of halogens is 1. The van der Waals surface area contributed by atoms with Crippen molar-refractivity contribution >= 4 is 29.9 Å². The summed E-state index contributed by atoms with van der Waals surface area (Å²) < 4.78 is 16.8. The Hall–Kier alpha value is -0.120. The third-order valence-electron chi connectivity index (χ3n) is 3.82. The fraction of sp³-hybridized carbons (Fsp3) is 0.944. The highest BCUT2D eigenvalue weighted by Crippen LogP contribution is 2.10. The van der Waals surface area contributed by atoms with Gasteiger partial charge in [-0.25, -0.2) is 0 Å². The molecule has 2 N–H and O–H groups in total. The summed E-state index contributed by atoms with van der Waals surface area (Å²) in [6.45, 7) is 12.9. The predicted octanol–water partition coefficient (Wildman–Crippen LogP) is 2.81. The maximum Gasteiger partial charge on any atom is 0.191 e. The monoisotopic (exact) mass is 471 g/mol. The van der Waals surface area contributed by atoms with E-state index in [0.29, 0.717) is 18.6 Å². The summed E-state index contributed by atoms with van der Waals surface area (Å²) in [7, 11) is 0. The molecule has 0 aromatic rings. The first kappa shape index (κ1) is 24.9. The van der Waals surface area contributed by atoms with Crippen molar-refractivity contribution in [1.29, 1.82) is 0 Å². The molecule has 1 aliphatic rings. The Bertz CT molecular complexity index is 325. The van der Waals surface area contributed by atoms with E-state index in [9.17, 15) is 0 Å². The maximum absolute atomic E-state index is 5.86. The lowest BCUT2D eigenvalue weighted by Gasteiger charge is -2.22. The standard InChI is InChI=1S/C18H37N3O3.HI/c1-4-19-18(21-10-15-23-12-6-16(2)3)20-9-5-11-24-17-7-13-22-14-8-17;/h16-17H,4-15H2,1-3H3,(H2,19,20,21);1H. The first-order valence-corrected chi connectivity index (χ1v) is 9.51. The number of guanidine groups is 1. The molecule has 25 heavy (non-hydrogen) atoms. The van der Waals surface area contributed by atoms with Crippen LogP contribution in [0.25, 0.3) is 0 Å². The third kappa shape index (κ3) is 14.7. The van der Waals surface area contributed by atoms with Gasteiger partial charge in [0.1, 0.15) is 0 Å². The van der Waals surface area contributed by atoms with Gasteiger partial charge >= 0.3 is 0 Å². The molecule has 0 aromatic carbocycles. The Morgan fingerprint density at radius 1 is 1.16 bits per heavy atom. The Labute approximate surface area is 170 Å². The van der Waals surface area contributed by atoms with Crippen LogP contribution >= 0.6 is 24.0 Å². The number of hydrogen-bond acceptors (Lipinski definition) is 4. The normalized spacial score (nSPS) is 15.9. The highest BCUT2D eigenvalue weighted by molar-refractivity contribution is 14.0. The average molecular weight is 471 g/mol. The van der Waals surface area contributed by atoms with Gasteiger partial charge in [0.2, 0.25) is 0 Å². The largest absolute Gasteiger partial charge is 0.381 e. The van der Waals surface area contributed by atoms with Gasteiger partial charge in [-0.05, 0) is 38.5 Å². The summed E-state index contributed by atoms with van der Waals surface area (Å²) in [4.78, 5) is 4.58. The quantitative estimate of drug-likeness (QED) is 0.198. The van der Waals surface area contributed by atoms with E-state index in [-0.39, 0.29) is 24.0 Å². The zero-order valence-electron chi connectivity index (χ0n) is 16.2. The maximum atomic E-state index is 5.86. The topological polar surface area (TPSA) is 64.1 Å². The molecular weight excluding hydrogens is 433 g/mol. The van der Waals surface area contributed by atoms with E-state index in [1.807, 2.05) is 0 Å². The Kier molecular flexibility index (Phi) is 17.2. The first-order valence-electron chi connectivity index (χ1n) is 9.51. The van der Waals surface area contributed by atoms with Crippen LogP contribution in [-0.4, -0.2) is 64.7 Å². The molecule has 0 spiro atoms. The van der Waals surface area contributed by atoms with E-state index in [4.69, 9.17) is 14.2 Å². The summed E-state index contributed by atoms with van der Waals surface area (Å²) in [6.07, 6.45) is 4.46. The molecule has 0 saturated carbocycles. The highest BCUT2D eigenvalue weighted by Gasteiger charge is 2.13. The van der Waals surface area contributed by atoms with Gasteiger partial charge in [0.25, 0.3) is 0 Å². The van der Waals surface area contributed by atoms with Crippen molar-refractivity contribution in [2.45, 2.75) is 52.6 Å². The van der Waals surface area contributed by atoms with Gasteiger partial charge in [-0.3, -0.25) is 4.99 Å². The molecule has 0 amide bonds. The molecule has 1 heterocycles. The molecule has 0 aromatic heterocycles. The van der Waals surface area contributed by atoms with Crippen LogP contribution in [0.4, 0.5) is 0 Å². The van der Waals surface area contributed by atoms with Crippen molar-refractivity contribution in [1.82, 2.24) is 10.6 Å². The Morgan fingerprint density at radius 3 is 2.60 bits per heavy atom. The van der Waals surface area contributed by atoms with Crippen LogP contribution in [0.5, 0.6) is 0 Å². The molecular formula is C18H38IN3O3. The van der Waals surface area contributed by atoms with E-state index >= 15 is 0 Å². The summed E-state index contributed by atoms with van der Waals surface area (Å²) >= 11 is 0. The number of nitrogens with zero attached hydrogens (tertiary/aromatic N) is 1. The molecule has 0 atom stereocenters. The van der Waals surface area contributed by atoms with E-state index in [1.165, 1.54) is 0 Å². The molecule has 0 bridgehead atoms. The number of ether oxygens (including phenoxy) is 3. The van der Waals surface area contributed by atoms with Crippen molar-refractivity contribution in [2.24, 2.45) is 10.9 Å². The van der Waals surface area contributed by atoms with Crippen LogP contribution in [-0.2, 0) is 14.2 Å². The van der Waals surface area contributed by atoms with Gasteiger partial charge in [-0.1, -0.05) is 13.8 Å². The summed E-state index contributed by atoms with van der Waals surface area (Å²) in [6, 6.07) is 0. The summed E-state index contributed by atoms with van der Waals surface area (Å²) in [5.74, 6) is 1.55. The van der Waals surface area contributed by atoms with Crippen molar-refractivity contribution in [3.8, 4) is 0 Å². The molecule has 0 unspecified atom stereocenters. The van der Waals surface area contributed by atoms with Crippen LogP contribution in [0.15, 0.2) is 4.99 Å². The van der Waals surface area contributed by atoms with Crippen LogP contribution < -0.4 is 10.6 Å². The Morgan fingerprint density at radius 2 is 1.92 bits per heavy atom. The van der Waals surface area contributed by atoms with E-state index in [0.717, 1.165) is 77.7 Å². The van der Waals surface area contributed by atoms with Crippen molar-refractivity contribution in [3.63, 3.8) is 0 Å². The summed E-state index contributed by atoms with van der Waals surface area (Å²) in [5, 5.41) is 6.56. The number of hydrogen-bond donors (Lipinski definition) is 2. The molecule has 1 fully saturated rings. The van der Waals surface area contributed by atoms with Gasteiger partial charge in [-0.15, -0.1) is 24.0 Å². The second kappa shape index (κ2) is 17.3. The number of rotatable bonds is 12. The Balaban J connectivity index is 0.00000576. The zero-order chi connectivity index (χ0) is 17.5. The average Bonchev–Trinajstić information content (AvgIpc) is 2.58. The van der Waals surface area contributed by atoms with Crippen molar-refractivity contribution < 1.29 is 14.2 Å². The van der Waals surface area contributed by atoms with Crippen LogP contribution in [0, 0.1) is 5.92 Å². The van der Waals surface area contributed by atoms with Gasteiger partial charge in [0.15, 0.2) is 5.96 Å². The van der Waals surface area contributed by atoms with E-state index in [2.05, 4.69) is 36.4 Å². The van der Waals surface area contributed by atoms with Crippen molar-refractivity contribution in [3.05, 3.63) is 0 Å². The minimum absolute atomic E-state index is 0. The molecule has 0 radical (unpaired) electrons. The van der Waals surface area contributed by atoms with Gasteiger partial charge in [0.05, 0.1) is 12.7 Å². The number of aliphatic imine (C=N–C) groups is 1. The number of nitrogens with one attached hydrogen (secondary N) is 2. The zero-order valence-corrected chi connectivity index (χ0v) is 18.6. The lowest BCUT2D eigenvalue weighted by atomic mass is 10.1. The van der Waals surface area contributed by atoms with Crippen LogP contribution in [0.2, 0.25) is 0 Å². The molecule has 150 valence electrons. The molecule has 1 saturated heterocycles. The lowest BCUT2D eigenvalue weighted by molar-refractivity contribution is -0.0318. The minimum Gasteiger partial charge on any atom is -0.381 e. The predicted molar refractivity (Wildman–Crippen MR) is 114 cm³/mol. The molecule has 6 nitrogen and oxygen atoms in total. The van der Waals surface area contributed by atoms with Gasteiger partial charge in [0, 0.05) is 46.1 Å². The summed E-state index contributed by atoms with van der Waals surface area (Å²) in [5.41, 5.74) is 0. The second-order valence-corrected chi connectivity index (χ2v) is 6.52. The lowest BCUT2D eigenvalue weighted by Crippen LogP contribution is -2.39. The molecule has 1 rings (SSSR count). The van der Waals surface area contributed by atoms with Crippen LogP contribution in [0.1, 0.15) is 46.5 Å². The second-order valence-electron chi connectivity index (χ2n) is 6.52. The SMILES string of the molecule is CCNC(=NCCCOC1CCOCC1)NCCOCCC(C)C.I. The van der Waals surface area contributed by atoms with E-state index in [1.54, 1.807) is 0 Å². The van der Waals surface area contributed by atoms with Crippen molar-refractivity contribution in [2.75, 3.05) is 52.7 Å². The molecule has 1 aliphatic heterocycles. The first-order chi connectivity index (χ1) is 11.7. The fourth-order valence-electron chi connectivity index (χ4n) is 2.35. The minimum atomic E-state index is 0. The van der Waals surface area contributed by atoms with Crippen LogP contribution in [0.3, 0.4) is 0 Å². The van der Waals surface area contributed by atoms with E-state index < -0.39 is 0 Å². The third-order valence-corrected chi connectivity index (χ3v) is 3.82. The smallest absolute Gasteiger partial charge is 0.191 e. The van der Waals surface area contributed by atoms with Gasteiger partial charge in [-0.2, -0.15) is 0 Å². The highest BCUT2D eigenvalue weighted by atomic mass is 127. The molecule has 0 aliphatic carbocycles. The fourth-order valence-corrected chi connectivity index (χ4v) is 2.35. The molecule has 7 heteroatoms. The van der Waals surface area contributed by atoms with Gasteiger partial charge < -0.3 is 24.8 Å².